The third-order valence-corrected chi connectivity index (χ3v) is 4.33. The van der Waals surface area contributed by atoms with E-state index < -0.39 is 16.0 Å². The van der Waals surface area contributed by atoms with Crippen LogP contribution in [-0.2, 0) is 24.3 Å². The molecule has 0 bridgehead atoms. The zero-order valence-corrected chi connectivity index (χ0v) is 10.5. The van der Waals surface area contributed by atoms with Gasteiger partial charge in [-0.1, -0.05) is 0 Å². The predicted molar refractivity (Wildman–Crippen MR) is 59.6 cm³/mol. The molecule has 17 heavy (non-hydrogen) atoms. The number of rotatable bonds is 4. The third kappa shape index (κ3) is 4.31. The van der Waals surface area contributed by atoms with Crippen LogP contribution in [0.25, 0.3) is 0 Å². The van der Waals surface area contributed by atoms with E-state index in [4.69, 9.17) is 0 Å². The number of carbonyl (C=O) groups is 2. The number of hydrogen-bond acceptors (Lipinski definition) is 5. The van der Waals surface area contributed by atoms with Gasteiger partial charge in [0.05, 0.1) is 19.3 Å². The molecule has 0 aliphatic carbocycles. The Morgan fingerprint density at radius 3 is 2.82 bits per heavy atom. The highest BCUT2D eigenvalue weighted by Gasteiger charge is 2.25. The van der Waals surface area contributed by atoms with Crippen molar-refractivity contribution in [1.29, 1.82) is 0 Å². The van der Waals surface area contributed by atoms with Crippen molar-refractivity contribution >= 4 is 21.9 Å². The van der Waals surface area contributed by atoms with Crippen molar-refractivity contribution in [2.45, 2.75) is 12.8 Å². The molecule has 7 nitrogen and oxygen atoms in total. The van der Waals surface area contributed by atoms with Gasteiger partial charge in [0.1, 0.15) is 0 Å². The maximum absolute atomic E-state index is 11.8. The smallest absolute Gasteiger partial charge is 0.306 e. The van der Waals surface area contributed by atoms with Crippen LogP contribution in [0.2, 0.25) is 0 Å². The fourth-order valence-corrected chi connectivity index (χ4v) is 2.89. The standard InChI is InChI=1S/C9H16N2O5S/c1-16-9(13)3-7-17(14,15)11-5-2-8(12)10-4-6-11/h2-7H2,1H3,(H,10,12). The molecule has 0 unspecified atom stereocenters. The number of ether oxygens (including phenoxy) is 1. The quantitative estimate of drug-likeness (QED) is 0.637. The predicted octanol–water partition coefficient (Wildman–Crippen LogP) is -1.30. The van der Waals surface area contributed by atoms with E-state index in [0.717, 1.165) is 0 Å². The van der Waals surface area contributed by atoms with Crippen molar-refractivity contribution < 1.29 is 22.7 Å². The number of hydrogen-bond donors (Lipinski definition) is 1. The summed E-state index contributed by atoms with van der Waals surface area (Å²) in [4.78, 5) is 22.0. The molecular formula is C9H16N2O5S. The maximum atomic E-state index is 11.8. The first-order valence-corrected chi connectivity index (χ1v) is 6.88. The summed E-state index contributed by atoms with van der Waals surface area (Å²) in [6.07, 6.45) is -0.0197. The third-order valence-electron chi connectivity index (χ3n) is 2.46. The summed E-state index contributed by atoms with van der Waals surface area (Å²) in [6, 6.07) is 0. The molecule has 1 rings (SSSR count). The summed E-state index contributed by atoms with van der Waals surface area (Å²) >= 11 is 0. The van der Waals surface area contributed by atoms with Crippen molar-refractivity contribution in [3.8, 4) is 0 Å². The Labute approximate surface area is 100 Å². The fourth-order valence-electron chi connectivity index (χ4n) is 1.47. The second-order valence-corrected chi connectivity index (χ2v) is 5.73. The van der Waals surface area contributed by atoms with Crippen LogP contribution in [0.1, 0.15) is 12.8 Å². The van der Waals surface area contributed by atoms with Gasteiger partial charge >= 0.3 is 5.97 Å². The van der Waals surface area contributed by atoms with Gasteiger partial charge in [-0.05, 0) is 0 Å². The normalized spacial score (nSPS) is 18.3. The average molecular weight is 264 g/mol. The Morgan fingerprint density at radius 2 is 2.18 bits per heavy atom. The molecule has 0 atom stereocenters. The van der Waals surface area contributed by atoms with Crippen LogP contribution < -0.4 is 5.32 Å². The van der Waals surface area contributed by atoms with Crippen molar-refractivity contribution in [3.05, 3.63) is 0 Å². The van der Waals surface area contributed by atoms with Gasteiger partial charge in [-0.3, -0.25) is 9.59 Å². The number of nitrogens with zero attached hydrogens (tertiary/aromatic N) is 1. The van der Waals surface area contributed by atoms with Gasteiger partial charge in [0.2, 0.25) is 15.9 Å². The molecule has 0 spiro atoms. The Morgan fingerprint density at radius 1 is 1.47 bits per heavy atom. The van der Waals surface area contributed by atoms with Gasteiger partial charge in [-0.2, -0.15) is 4.31 Å². The minimum atomic E-state index is -3.49. The lowest BCUT2D eigenvalue weighted by Crippen LogP contribution is -2.36. The van der Waals surface area contributed by atoms with Crippen molar-refractivity contribution in [2.75, 3.05) is 32.5 Å². The highest BCUT2D eigenvalue weighted by atomic mass is 32.2. The van der Waals surface area contributed by atoms with Crippen LogP contribution in [0.5, 0.6) is 0 Å². The molecule has 98 valence electrons. The van der Waals surface area contributed by atoms with Gasteiger partial charge in [0.25, 0.3) is 0 Å². The second-order valence-electron chi connectivity index (χ2n) is 3.64. The topological polar surface area (TPSA) is 92.8 Å². The number of nitrogens with one attached hydrogen (secondary N) is 1. The molecule has 1 aliphatic rings. The van der Waals surface area contributed by atoms with E-state index in [1.165, 1.54) is 11.4 Å². The molecule has 1 heterocycles. The van der Waals surface area contributed by atoms with Gasteiger partial charge in [0.15, 0.2) is 0 Å². The molecule has 1 fully saturated rings. The summed E-state index contributed by atoms with van der Waals surface area (Å²) < 4.78 is 29.3. The number of carbonyl (C=O) groups excluding carboxylic acids is 2. The van der Waals surface area contributed by atoms with E-state index in [9.17, 15) is 18.0 Å². The van der Waals surface area contributed by atoms with E-state index in [0.29, 0.717) is 6.54 Å². The van der Waals surface area contributed by atoms with Crippen molar-refractivity contribution in [1.82, 2.24) is 9.62 Å². The minimum absolute atomic E-state index is 0.150. The number of sulfonamides is 1. The molecule has 1 aliphatic heterocycles. The second kappa shape index (κ2) is 5.97. The Hall–Kier alpha value is -1.15. The molecule has 0 saturated carbocycles. The summed E-state index contributed by atoms with van der Waals surface area (Å²) in [6.45, 7) is 0.709. The number of esters is 1. The van der Waals surface area contributed by atoms with Crippen molar-refractivity contribution in [3.63, 3.8) is 0 Å². The summed E-state index contributed by atoms with van der Waals surface area (Å²) in [5.74, 6) is -0.998. The van der Waals surface area contributed by atoms with Crippen LogP contribution >= 0.6 is 0 Å². The largest absolute Gasteiger partial charge is 0.469 e. The maximum Gasteiger partial charge on any atom is 0.306 e. The molecule has 0 aromatic rings. The molecule has 1 saturated heterocycles. The van der Waals surface area contributed by atoms with E-state index in [-0.39, 0.29) is 37.6 Å². The van der Waals surface area contributed by atoms with E-state index >= 15 is 0 Å². The first kappa shape index (κ1) is 13.9. The van der Waals surface area contributed by atoms with Crippen LogP contribution in [0.15, 0.2) is 0 Å². The zero-order chi connectivity index (χ0) is 12.9. The van der Waals surface area contributed by atoms with E-state index in [2.05, 4.69) is 10.1 Å². The first-order chi connectivity index (χ1) is 7.95. The Kier molecular flexibility index (Phi) is 4.88. The van der Waals surface area contributed by atoms with Crippen LogP contribution in [0.4, 0.5) is 0 Å². The fraction of sp³-hybridized carbons (Fsp3) is 0.778. The lowest BCUT2D eigenvalue weighted by molar-refractivity contribution is -0.140. The highest BCUT2D eigenvalue weighted by Crippen LogP contribution is 2.07. The van der Waals surface area contributed by atoms with Gasteiger partial charge in [-0.25, -0.2) is 8.42 Å². The van der Waals surface area contributed by atoms with E-state index in [1.807, 2.05) is 0 Å². The molecule has 0 aromatic carbocycles. The number of methoxy groups -OCH3 is 1. The van der Waals surface area contributed by atoms with E-state index in [1.54, 1.807) is 0 Å². The van der Waals surface area contributed by atoms with Crippen LogP contribution in [0, 0.1) is 0 Å². The van der Waals surface area contributed by atoms with Crippen LogP contribution in [-0.4, -0.2) is 57.1 Å². The number of amides is 1. The Balaban J connectivity index is 2.57. The van der Waals surface area contributed by atoms with Gasteiger partial charge in [-0.15, -0.1) is 0 Å². The van der Waals surface area contributed by atoms with Gasteiger partial charge in [0, 0.05) is 26.1 Å². The monoisotopic (exact) mass is 264 g/mol. The molecule has 1 N–H and O–H groups in total. The molecular weight excluding hydrogens is 248 g/mol. The summed E-state index contributed by atoms with van der Waals surface area (Å²) in [5.41, 5.74) is 0. The SMILES string of the molecule is COC(=O)CCS(=O)(=O)N1CCNC(=O)CC1. The first-order valence-electron chi connectivity index (χ1n) is 5.27. The molecule has 0 radical (unpaired) electrons. The zero-order valence-electron chi connectivity index (χ0n) is 9.64. The minimum Gasteiger partial charge on any atom is -0.469 e. The lowest BCUT2D eigenvalue weighted by Gasteiger charge is -2.18. The summed E-state index contributed by atoms with van der Waals surface area (Å²) in [5, 5.41) is 2.59. The Bertz CT molecular complexity index is 392. The van der Waals surface area contributed by atoms with Crippen molar-refractivity contribution in [2.24, 2.45) is 0 Å². The van der Waals surface area contributed by atoms with Gasteiger partial charge < -0.3 is 10.1 Å². The average Bonchev–Trinajstić information content (AvgIpc) is 2.51. The lowest BCUT2D eigenvalue weighted by atomic mass is 10.4. The molecule has 1 amide bonds. The van der Waals surface area contributed by atoms with Crippen LogP contribution in [0.3, 0.4) is 0 Å². The summed E-state index contributed by atoms with van der Waals surface area (Å²) in [7, 11) is -2.28. The highest BCUT2D eigenvalue weighted by molar-refractivity contribution is 7.89. The molecule has 8 heteroatoms. The molecule has 0 aromatic heterocycles.